The highest BCUT2D eigenvalue weighted by molar-refractivity contribution is 5.87. The Hall–Kier alpha value is -2.12. The molecule has 4 rings (SSSR count). The van der Waals surface area contributed by atoms with Crippen LogP contribution >= 0.6 is 0 Å². The molecule has 3 heterocycles. The molecule has 0 aliphatic carbocycles. The molecule has 3 aliphatic heterocycles. The predicted molar refractivity (Wildman–Crippen MR) is 113 cm³/mol. The normalized spacial score (nSPS) is 24.8. The molecule has 0 N–H and O–H groups in total. The lowest BCUT2D eigenvalue weighted by atomic mass is 9.85. The standard InChI is InChI=1S/C23H33N3O4/c1-18-4-3-5-20(19(18)2)30-16-21(27)26-9-7-23(17-26)6-8-25(22(23)28)11-10-24-12-14-29-15-13-24/h3-5H,6-17H2,1-2H3. The zero-order chi connectivity index (χ0) is 21.1. The van der Waals surface area contributed by atoms with Crippen molar-refractivity contribution in [1.29, 1.82) is 0 Å². The molecule has 164 valence electrons. The van der Waals surface area contributed by atoms with E-state index in [-0.39, 0.29) is 23.8 Å². The quantitative estimate of drug-likeness (QED) is 0.704. The van der Waals surface area contributed by atoms with Gasteiger partial charge in [-0.25, -0.2) is 0 Å². The van der Waals surface area contributed by atoms with Gasteiger partial charge >= 0.3 is 0 Å². The fourth-order valence-electron chi connectivity index (χ4n) is 4.77. The molecule has 1 atom stereocenters. The van der Waals surface area contributed by atoms with E-state index in [1.54, 1.807) is 0 Å². The van der Waals surface area contributed by atoms with E-state index >= 15 is 0 Å². The Morgan fingerprint density at radius 2 is 1.87 bits per heavy atom. The zero-order valence-electron chi connectivity index (χ0n) is 18.2. The molecule has 1 aromatic rings. The number of amides is 2. The summed E-state index contributed by atoms with van der Waals surface area (Å²) in [6.07, 6.45) is 1.60. The molecule has 0 saturated carbocycles. The summed E-state index contributed by atoms with van der Waals surface area (Å²) in [7, 11) is 0. The van der Waals surface area contributed by atoms with Gasteiger partial charge in [0.2, 0.25) is 5.91 Å². The molecule has 3 saturated heterocycles. The van der Waals surface area contributed by atoms with Crippen LogP contribution in [0, 0.1) is 19.3 Å². The molecule has 7 nitrogen and oxygen atoms in total. The number of morpholine rings is 1. The van der Waals surface area contributed by atoms with Crippen molar-refractivity contribution in [2.24, 2.45) is 5.41 Å². The van der Waals surface area contributed by atoms with Gasteiger partial charge in [-0.05, 0) is 43.9 Å². The highest BCUT2D eigenvalue weighted by Crippen LogP contribution is 2.40. The van der Waals surface area contributed by atoms with Gasteiger partial charge in [-0.1, -0.05) is 12.1 Å². The molecule has 1 aromatic carbocycles. The second-order valence-electron chi connectivity index (χ2n) is 8.83. The third-order valence-corrected chi connectivity index (χ3v) is 7.00. The van der Waals surface area contributed by atoms with E-state index in [0.717, 1.165) is 75.7 Å². The fourth-order valence-corrected chi connectivity index (χ4v) is 4.77. The highest BCUT2D eigenvalue weighted by atomic mass is 16.5. The van der Waals surface area contributed by atoms with Crippen LogP contribution in [0.4, 0.5) is 0 Å². The molecule has 1 unspecified atom stereocenters. The summed E-state index contributed by atoms with van der Waals surface area (Å²) < 4.78 is 11.2. The van der Waals surface area contributed by atoms with Crippen molar-refractivity contribution in [3.8, 4) is 5.75 Å². The molecule has 0 radical (unpaired) electrons. The third kappa shape index (κ3) is 4.32. The largest absolute Gasteiger partial charge is 0.483 e. The van der Waals surface area contributed by atoms with Crippen LogP contribution in [0.5, 0.6) is 5.75 Å². The first kappa shape index (κ1) is 21.1. The minimum atomic E-state index is -0.389. The molecule has 3 aliphatic rings. The maximum Gasteiger partial charge on any atom is 0.260 e. The second-order valence-corrected chi connectivity index (χ2v) is 8.83. The molecule has 1 spiro atoms. The van der Waals surface area contributed by atoms with Gasteiger partial charge in [-0.3, -0.25) is 14.5 Å². The topological polar surface area (TPSA) is 62.3 Å². The van der Waals surface area contributed by atoms with Gasteiger partial charge < -0.3 is 19.3 Å². The number of nitrogens with zero attached hydrogens (tertiary/aromatic N) is 3. The van der Waals surface area contributed by atoms with Gasteiger partial charge in [0.25, 0.3) is 5.91 Å². The van der Waals surface area contributed by atoms with Gasteiger partial charge in [-0.2, -0.15) is 0 Å². The predicted octanol–water partition coefficient (Wildman–Crippen LogP) is 1.47. The number of carbonyl (C=O) groups excluding carboxylic acids is 2. The summed E-state index contributed by atoms with van der Waals surface area (Å²) in [6.45, 7) is 11.1. The molecule has 7 heteroatoms. The number of hydrogen-bond acceptors (Lipinski definition) is 5. The number of ether oxygens (including phenoxy) is 2. The van der Waals surface area contributed by atoms with E-state index in [4.69, 9.17) is 9.47 Å². The molecule has 3 fully saturated rings. The number of benzene rings is 1. The van der Waals surface area contributed by atoms with Crippen LogP contribution in [0.15, 0.2) is 18.2 Å². The van der Waals surface area contributed by atoms with Crippen molar-refractivity contribution < 1.29 is 19.1 Å². The van der Waals surface area contributed by atoms with Crippen LogP contribution < -0.4 is 4.74 Å². The SMILES string of the molecule is Cc1cccc(OCC(=O)N2CCC3(CCN(CCN4CCOCC4)C3=O)C2)c1C. The van der Waals surface area contributed by atoms with E-state index in [0.29, 0.717) is 13.1 Å². The van der Waals surface area contributed by atoms with Crippen molar-refractivity contribution >= 4 is 11.8 Å². The lowest BCUT2D eigenvalue weighted by Gasteiger charge is -2.29. The van der Waals surface area contributed by atoms with E-state index in [1.165, 1.54) is 0 Å². The number of aryl methyl sites for hydroxylation is 1. The minimum absolute atomic E-state index is 0.0231. The Kier molecular flexibility index (Phi) is 6.29. The van der Waals surface area contributed by atoms with Gasteiger partial charge in [0.1, 0.15) is 5.75 Å². The van der Waals surface area contributed by atoms with Gasteiger partial charge in [0, 0.05) is 45.8 Å². The minimum Gasteiger partial charge on any atom is -0.483 e. The van der Waals surface area contributed by atoms with Crippen LogP contribution in [0.2, 0.25) is 0 Å². The van der Waals surface area contributed by atoms with Crippen LogP contribution in [0.3, 0.4) is 0 Å². The molecule has 2 amide bonds. The van der Waals surface area contributed by atoms with Crippen LogP contribution in [-0.2, 0) is 14.3 Å². The number of likely N-dealkylation sites (tertiary alicyclic amines) is 2. The molecular formula is C23H33N3O4. The van der Waals surface area contributed by atoms with Crippen molar-refractivity contribution in [1.82, 2.24) is 14.7 Å². The first-order chi connectivity index (χ1) is 14.5. The Morgan fingerprint density at radius 1 is 1.10 bits per heavy atom. The zero-order valence-corrected chi connectivity index (χ0v) is 18.2. The summed E-state index contributed by atoms with van der Waals surface area (Å²) in [6, 6.07) is 5.87. The second kappa shape index (κ2) is 8.94. The van der Waals surface area contributed by atoms with Crippen LogP contribution in [-0.4, -0.2) is 92.1 Å². The summed E-state index contributed by atoms with van der Waals surface area (Å²) in [5.74, 6) is 0.942. The van der Waals surface area contributed by atoms with Crippen molar-refractivity contribution in [2.75, 3.05) is 65.6 Å². The van der Waals surface area contributed by atoms with E-state index in [2.05, 4.69) is 4.90 Å². The Balaban J connectivity index is 1.28. The summed E-state index contributed by atoms with van der Waals surface area (Å²) in [5.41, 5.74) is 1.82. The van der Waals surface area contributed by atoms with Gasteiger partial charge in [0.15, 0.2) is 6.61 Å². The Morgan fingerprint density at radius 3 is 2.67 bits per heavy atom. The molecule has 30 heavy (non-hydrogen) atoms. The maximum absolute atomic E-state index is 13.1. The van der Waals surface area contributed by atoms with E-state index in [1.807, 2.05) is 41.8 Å². The van der Waals surface area contributed by atoms with Gasteiger partial charge in [0.05, 0.1) is 18.6 Å². The number of carbonyl (C=O) groups is 2. The smallest absolute Gasteiger partial charge is 0.260 e. The van der Waals surface area contributed by atoms with Crippen LogP contribution in [0.25, 0.3) is 0 Å². The van der Waals surface area contributed by atoms with E-state index < -0.39 is 0 Å². The van der Waals surface area contributed by atoms with Gasteiger partial charge in [-0.15, -0.1) is 0 Å². The Bertz CT molecular complexity index is 793. The molecular weight excluding hydrogens is 382 g/mol. The number of hydrogen-bond donors (Lipinski definition) is 0. The fraction of sp³-hybridized carbons (Fsp3) is 0.652. The number of rotatable bonds is 6. The van der Waals surface area contributed by atoms with Crippen molar-refractivity contribution in [2.45, 2.75) is 26.7 Å². The highest BCUT2D eigenvalue weighted by Gasteiger charge is 2.51. The lowest BCUT2D eigenvalue weighted by Crippen LogP contribution is -2.44. The average molecular weight is 416 g/mol. The van der Waals surface area contributed by atoms with Crippen LogP contribution in [0.1, 0.15) is 24.0 Å². The van der Waals surface area contributed by atoms with Crippen molar-refractivity contribution in [3.63, 3.8) is 0 Å². The average Bonchev–Trinajstić information content (AvgIpc) is 3.33. The van der Waals surface area contributed by atoms with E-state index in [9.17, 15) is 9.59 Å². The lowest BCUT2D eigenvalue weighted by molar-refractivity contribution is -0.137. The molecule has 0 aromatic heterocycles. The summed E-state index contributed by atoms with van der Waals surface area (Å²) in [4.78, 5) is 32.0. The first-order valence-corrected chi connectivity index (χ1v) is 11.0. The van der Waals surface area contributed by atoms with Crippen molar-refractivity contribution in [3.05, 3.63) is 29.3 Å². The summed E-state index contributed by atoms with van der Waals surface area (Å²) in [5, 5.41) is 0. The maximum atomic E-state index is 13.1. The monoisotopic (exact) mass is 415 g/mol. The Labute approximate surface area is 178 Å². The third-order valence-electron chi connectivity index (χ3n) is 7.00. The first-order valence-electron chi connectivity index (χ1n) is 11.0. The molecule has 0 bridgehead atoms. The summed E-state index contributed by atoms with van der Waals surface area (Å²) >= 11 is 0.